The highest BCUT2D eigenvalue weighted by Crippen LogP contribution is 2.43. The van der Waals surface area contributed by atoms with Crippen molar-refractivity contribution in [2.75, 3.05) is 5.32 Å². The van der Waals surface area contributed by atoms with Gasteiger partial charge >= 0.3 is 0 Å². The first-order valence-electron chi connectivity index (χ1n) is 5.40. The van der Waals surface area contributed by atoms with E-state index in [1.807, 2.05) is 0 Å². The number of anilines is 1. The minimum absolute atomic E-state index is 0.148. The Morgan fingerprint density at radius 3 is 3.00 bits per heavy atom. The van der Waals surface area contributed by atoms with Gasteiger partial charge in [0, 0.05) is 17.6 Å². The lowest BCUT2D eigenvalue weighted by Crippen LogP contribution is -2.34. The molecule has 2 nitrogen and oxygen atoms in total. The molecule has 1 saturated carbocycles. The van der Waals surface area contributed by atoms with Crippen LogP contribution in [0.15, 0.2) is 24.3 Å². The molecule has 3 rings (SSSR count). The van der Waals surface area contributed by atoms with Crippen molar-refractivity contribution in [1.29, 1.82) is 0 Å². The van der Waals surface area contributed by atoms with E-state index in [9.17, 15) is 5.11 Å². The molecule has 1 heterocycles. The van der Waals surface area contributed by atoms with E-state index >= 15 is 0 Å². The summed E-state index contributed by atoms with van der Waals surface area (Å²) in [4.78, 5) is 0. The van der Waals surface area contributed by atoms with Crippen molar-refractivity contribution >= 4 is 5.69 Å². The van der Waals surface area contributed by atoms with Crippen molar-refractivity contribution in [3.05, 3.63) is 29.8 Å². The van der Waals surface area contributed by atoms with Crippen molar-refractivity contribution in [1.82, 2.24) is 0 Å². The molecule has 1 aromatic rings. The maximum Gasteiger partial charge on any atom is 0.0629 e. The third-order valence-electron chi connectivity index (χ3n) is 3.52. The molecule has 3 unspecified atom stereocenters. The lowest BCUT2D eigenvalue weighted by atomic mass is 9.80. The van der Waals surface area contributed by atoms with Crippen LogP contribution in [0, 0.1) is 0 Å². The average molecular weight is 189 g/mol. The van der Waals surface area contributed by atoms with E-state index in [0.717, 1.165) is 12.8 Å². The fourth-order valence-electron chi connectivity index (χ4n) is 2.88. The van der Waals surface area contributed by atoms with Gasteiger partial charge in [-0.15, -0.1) is 0 Å². The van der Waals surface area contributed by atoms with Crippen molar-refractivity contribution in [3.8, 4) is 0 Å². The summed E-state index contributed by atoms with van der Waals surface area (Å²) in [5.41, 5.74) is 2.54. The van der Waals surface area contributed by atoms with Crippen LogP contribution in [0.25, 0.3) is 0 Å². The topological polar surface area (TPSA) is 32.3 Å². The molecule has 74 valence electrons. The second-order valence-corrected chi connectivity index (χ2v) is 4.36. The Morgan fingerprint density at radius 2 is 2.07 bits per heavy atom. The Labute approximate surface area is 84.0 Å². The number of rotatable bonds is 0. The van der Waals surface area contributed by atoms with Crippen molar-refractivity contribution in [3.63, 3.8) is 0 Å². The van der Waals surface area contributed by atoms with Gasteiger partial charge in [0.1, 0.15) is 0 Å². The fourth-order valence-corrected chi connectivity index (χ4v) is 2.88. The lowest BCUT2D eigenvalue weighted by Gasteiger charge is -2.30. The molecule has 0 amide bonds. The zero-order valence-corrected chi connectivity index (χ0v) is 8.11. The highest BCUT2D eigenvalue weighted by molar-refractivity contribution is 5.59. The zero-order chi connectivity index (χ0) is 9.54. The van der Waals surface area contributed by atoms with Gasteiger partial charge in [0.05, 0.1) is 6.10 Å². The molecule has 0 aromatic heterocycles. The molecule has 3 atom stereocenters. The molecule has 14 heavy (non-hydrogen) atoms. The first kappa shape index (κ1) is 8.30. The van der Waals surface area contributed by atoms with E-state index in [2.05, 4.69) is 29.6 Å². The molecule has 2 heteroatoms. The van der Waals surface area contributed by atoms with Crippen molar-refractivity contribution in [2.24, 2.45) is 0 Å². The number of benzene rings is 1. The van der Waals surface area contributed by atoms with Gasteiger partial charge in [-0.05, 0) is 30.9 Å². The normalized spacial score (nSPS) is 34.5. The van der Waals surface area contributed by atoms with E-state index in [-0.39, 0.29) is 6.10 Å². The predicted octanol–water partition coefficient (Wildman–Crippen LogP) is 2.11. The van der Waals surface area contributed by atoms with Gasteiger partial charge in [-0.3, -0.25) is 0 Å². The van der Waals surface area contributed by atoms with Crippen LogP contribution >= 0.6 is 0 Å². The standard InChI is InChI=1S/C12H15NO/c14-11-7-3-6-10-12(11)8-4-1-2-5-9(8)13-10/h1-2,4-5,10-14H,3,6-7H2. The smallest absolute Gasteiger partial charge is 0.0629 e. The summed E-state index contributed by atoms with van der Waals surface area (Å²) in [6.07, 6.45) is 3.14. The minimum Gasteiger partial charge on any atom is -0.392 e. The van der Waals surface area contributed by atoms with Crippen LogP contribution in [-0.2, 0) is 0 Å². The Morgan fingerprint density at radius 1 is 1.21 bits per heavy atom. The van der Waals surface area contributed by atoms with Crippen LogP contribution in [-0.4, -0.2) is 17.3 Å². The number of para-hydroxylation sites is 1. The van der Waals surface area contributed by atoms with Crippen LogP contribution in [0.1, 0.15) is 30.7 Å². The van der Waals surface area contributed by atoms with Crippen LogP contribution in [0.5, 0.6) is 0 Å². The molecule has 0 bridgehead atoms. The predicted molar refractivity (Wildman–Crippen MR) is 56.5 cm³/mol. The van der Waals surface area contributed by atoms with Gasteiger partial charge in [0.25, 0.3) is 0 Å². The number of hydrogen-bond donors (Lipinski definition) is 2. The molecular weight excluding hydrogens is 174 g/mol. The summed E-state index contributed by atoms with van der Waals surface area (Å²) in [6, 6.07) is 8.83. The van der Waals surface area contributed by atoms with Gasteiger partial charge < -0.3 is 10.4 Å². The summed E-state index contributed by atoms with van der Waals surface area (Å²) in [6.45, 7) is 0. The number of aliphatic hydroxyl groups excluding tert-OH is 1. The first-order valence-corrected chi connectivity index (χ1v) is 5.40. The van der Waals surface area contributed by atoms with Crippen LogP contribution in [0.2, 0.25) is 0 Å². The SMILES string of the molecule is OC1CCCC2Nc3ccccc3C12. The third kappa shape index (κ3) is 1.07. The molecule has 0 spiro atoms. The van der Waals surface area contributed by atoms with Gasteiger partial charge in [-0.1, -0.05) is 18.2 Å². The van der Waals surface area contributed by atoms with Gasteiger partial charge in [0.2, 0.25) is 0 Å². The summed E-state index contributed by atoms with van der Waals surface area (Å²) in [5.74, 6) is 0.333. The lowest BCUT2D eigenvalue weighted by molar-refractivity contribution is 0.103. The maximum absolute atomic E-state index is 9.99. The Balaban J connectivity index is 2.03. The largest absolute Gasteiger partial charge is 0.392 e. The summed E-state index contributed by atoms with van der Waals surface area (Å²) in [7, 11) is 0. The minimum atomic E-state index is -0.148. The van der Waals surface area contributed by atoms with E-state index in [1.54, 1.807) is 0 Å². The highest BCUT2D eigenvalue weighted by atomic mass is 16.3. The van der Waals surface area contributed by atoms with Gasteiger partial charge in [-0.25, -0.2) is 0 Å². The molecule has 1 fully saturated rings. The third-order valence-corrected chi connectivity index (χ3v) is 3.52. The molecule has 2 N–H and O–H groups in total. The van der Waals surface area contributed by atoms with Crippen LogP contribution in [0.4, 0.5) is 5.69 Å². The second-order valence-electron chi connectivity index (χ2n) is 4.36. The number of hydrogen-bond acceptors (Lipinski definition) is 2. The monoisotopic (exact) mass is 189 g/mol. The molecule has 0 radical (unpaired) electrons. The summed E-state index contributed by atoms with van der Waals surface area (Å²) < 4.78 is 0. The fraction of sp³-hybridized carbons (Fsp3) is 0.500. The second kappa shape index (κ2) is 2.99. The van der Waals surface area contributed by atoms with Crippen molar-refractivity contribution < 1.29 is 5.11 Å². The average Bonchev–Trinajstić information content (AvgIpc) is 2.57. The Hall–Kier alpha value is -1.02. The Bertz CT molecular complexity index is 350. The number of nitrogens with one attached hydrogen (secondary N) is 1. The summed E-state index contributed by atoms with van der Waals surface area (Å²) >= 11 is 0. The quantitative estimate of drug-likeness (QED) is 0.655. The molecule has 1 aliphatic heterocycles. The maximum atomic E-state index is 9.99. The first-order chi connectivity index (χ1) is 6.86. The van der Waals surface area contributed by atoms with E-state index in [0.29, 0.717) is 12.0 Å². The van der Waals surface area contributed by atoms with Gasteiger partial charge in [-0.2, -0.15) is 0 Å². The molecule has 1 aliphatic carbocycles. The van der Waals surface area contributed by atoms with E-state index < -0.39 is 0 Å². The van der Waals surface area contributed by atoms with Crippen LogP contribution in [0.3, 0.4) is 0 Å². The zero-order valence-electron chi connectivity index (χ0n) is 8.11. The van der Waals surface area contributed by atoms with Crippen LogP contribution < -0.4 is 5.32 Å². The van der Waals surface area contributed by atoms with E-state index in [1.165, 1.54) is 17.7 Å². The van der Waals surface area contributed by atoms with E-state index in [4.69, 9.17) is 0 Å². The molecule has 2 aliphatic rings. The molecular formula is C12H15NO. The molecule has 0 saturated heterocycles. The van der Waals surface area contributed by atoms with Gasteiger partial charge in [0.15, 0.2) is 0 Å². The number of fused-ring (bicyclic) bond motifs is 3. The van der Waals surface area contributed by atoms with Crippen molar-refractivity contribution in [2.45, 2.75) is 37.3 Å². The number of aliphatic hydroxyl groups is 1. The molecule has 1 aromatic carbocycles. The summed E-state index contributed by atoms with van der Waals surface area (Å²) in [5, 5.41) is 13.5. The Kier molecular flexibility index (Phi) is 1.77. The highest BCUT2D eigenvalue weighted by Gasteiger charge is 2.38.